The second-order valence-corrected chi connectivity index (χ2v) is 3.08. The van der Waals surface area contributed by atoms with E-state index < -0.39 is 12.3 Å². The third kappa shape index (κ3) is 2.13. The molecule has 1 fully saturated rings. The smallest absolute Gasteiger partial charge is 0.315 e. The highest BCUT2D eigenvalue weighted by Crippen LogP contribution is 2.26. The number of nitrogens with one attached hydrogen (secondary N) is 1. The van der Waals surface area contributed by atoms with Crippen molar-refractivity contribution in [3.05, 3.63) is 0 Å². The Morgan fingerprint density at radius 3 is 2.45 bits per heavy atom. The normalized spacial score (nSPS) is 29.8. The van der Waals surface area contributed by atoms with Crippen molar-refractivity contribution in [2.75, 3.05) is 0 Å². The van der Waals surface area contributed by atoms with Crippen LogP contribution < -0.4 is 5.32 Å². The summed E-state index contributed by atoms with van der Waals surface area (Å²) >= 11 is 0. The molecule has 0 atom stereocenters. The Morgan fingerprint density at radius 1 is 1.55 bits per heavy atom. The van der Waals surface area contributed by atoms with Crippen molar-refractivity contribution in [1.29, 1.82) is 0 Å². The van der Waals surface area contributed by atoms with E-state index in [4.69, 9.17) is 0 Å². The molecule has 0 aromatic rings. The van der Waals surface area contributed by atoms with E-state index in [0.29, 0.717) is 5.92 Å². The Morgan fingerprint density at radius 2 is 2.09 bits per heavy atom. The molecule has 0 aromatic heterocycles. The highest BCUT2D eigenvalue weighted by atomic mass is 19.3. The summed E-state index contributed by atoms with van der Waals surface area (Å²) in [5.74, 6) is -0.570. The lowest BCUT2D eigenvalue weighted by molar-refractivity contribution is -0.133. The van der Waals surface area contributed by atoms with Crippen molar-refractivity contribution in [2.45, 2.75) is 32.2 Å². The number of rotatable bonds is 2. The van der Waals surface area contributed by atoms with Gasteiger partial charge >= 0.3 is 6.43 Å². The lowest BCUT2D eigenvalue weighted by atomic mass is 9.82. The van der Waals surface area contributed by atoms with E-state index in [1.807, 2.05) is 6.92 Å². The molecule has 0 radical (unpaired) electrons. The molecule has 0 unspecified atom stereocenters. The lowest BCUT2D eigenvalue weighted by Crippen LogP contribution is -2.45. The van der Waals surface area contributed by atoms with Gasteiger partial charge in [-0.2, -0.15) is 8.78 Å². The van der Waals surface area contributed by atoms with Gasteiger partial charge in [-0.3, -0.25) is 4.79 Å². The van der Waals surface area contributed by atoms with Crippen LogP contribution in [0.3, 0.4) is 0 Å². The van der Waals surface area contributed by atoms with Crippen molar-refractivity contribution in [2.24, 2.45) is 5.92 Å². The van der Waals surface area contributed by atoms with Gasteiger partial charge in [0.2, 0.25) is 0 Å². The Kier molecular flexibility index (Phi) is 2.42. The van der Waals surface area contributed by atoms with Crippen molar-refractivity contribution < 1.29 is 13.6 Å². The molecule has 1 N–H and O–H groups in total. The van der Waals surface area contributed by atoms with Crippen LogP contribution in [-0.2, 0) is 4.79 Å². The summed E-state index contributed by atoms with van der Waals surface area (Å²) in [4.78, 5) is 10.4. The highest BCUT2D eigenvalue weighted by Gasteiger charge is 2.28. The summed E-state index contributed by atoms with van der Waals surface area (Å²) < 4.78 is 23.3. The van der Waals surface area contributed by atoms with Crippen LogP contribution in [0.15, 0.2) is 0 Å². The lowest BCUT2D eigenvalue weighted by Gasteiger charge is -2.33. The molecule has 0 heterocycles. The number of carbonyl (C=O) groups is 1. The van der Waals surface area contributed by atoms with Crippen LogP contribution in [0.2, 0.25) is 0 Å². The molecule has 0 saturated heterocycles. The number of carbonyl (C=O) groups excluding carboxylic acids is 1. The molecule has 0 spiro atoms. The topological polar surface area (TPSA) is 29.1 Å². The van der Waals surface area contributed by atoms with Crippen molar-refractivity contribution in [3.8, 4) is 0 Å². The molecule has 0 bridgehead atoms. The molecular formula is C7H11F2NO. The first kappa shape index (κ1) is 8.43. The van der Waals surface area contributed by atoms with Gasteiger partial charge in [0.05, 0.1) is 0 Å². The molecule has 1 amide bonds. The Labute approximate surface area is 64.0 Å². The maximum absolute atomic E-state index is 11.6. The van der Waals surface area contributed by atoms with Crippen LogP contribution in [0.25, 0.3) is 0 Å². The van der Waals surface area contributed by atoms with Crippen LogP contribution >= 0.6 is 0 Å². The standard InChI is InChI=1S/C7H11F2NO/c1-4-2-5(3-4)10-7(11)6(8)9/h4-6H,2-3H2,1H3,(H,10,11). The summed E-state index contributed by atoms with van der Waals surface area (Å²) in [6.45, 7) is 2.03. The van der Waals surface area contributed by atoms with Crippen LogP contribution in [0.4, 0.5) is 8.78 Å². The summed E-state index contributed by atoms with van der Waals surface area (Å²) in [7, 11) is 0. The Hall–Kier alpha value is -0.670. The van der Waals surface area contributed by atoms with Gasteiger partial charge in [0.15, 0.2) is 0 Å². The van der Waals surface area contributed by atoms with Gasteiger partial charge in [-0.1, -0.05) is 6.92 Å². The van der Waals surface area contributed by atoms with Crippen molar-refractivity contribution in [3.63, 3.8) is 0 Å². The van der Waals surface area contributed by atoms with E-state index in [9.17, 15) is 13.6 Å². The molecule has 0 aromatic carbocycles. The van der Waals surface area contributed by atoms with Gasteiger partial charge in [0.25, 0.3) is 5.91 Å². The average molecular weight is 163 g/mol. The van der Waals surface area contributed by atoms with Crippen LogP contribution in [0.1, 0.15) is 19.8 Å². The fourth-order valence-electron chi connectivity index (χ4n) is 1.28. The third-order valence-electron chi connectivity index (χ3n) is 1.92. The monoisotopic (exact) mass is 163 g/mol. The third-order valence-corrected chi connectivity index (χ3v) is 1.92. The minimum absolute atomic E-state index is 0.00787. The average Bonchev–Trinajstić information content (AvgIpc) is 1.84. The number of amides is 1. The SMILES string of the molecule is CC1CC(NC(=O)C(F)F)C1. The van der Waals surface area contributed by atoms with E-state index in [-0.39, 0.29) is 6.04 Å². The van der Waals surface area contributed by atoms with Gasteiger partial charge in [-0.25, -0.2) is 0 Å². The largest absolute Gasteiger partial charge is 0.348 e. The zero-order chi connectivity index (χ0) is 8.43. The van der Waals surface area contributed by atoms with Crippen molar-refractivity contribution in [1.82, 2.24) is 5.32 Å². The summed E-state index contributed by atoms with van der Waals surface area (Å²) in [6.07, 6.45) is -1.21. The first-order chi connectivity index (χ1) is 5.09. The van der Waals surface area contributed by atoms with Gasteiger partial charge in [0, 0.05) is 6.04 Å². The minimum atomic E-state index is -2.87. The molecule has 4 heteroatoms. The molecule has 1 aliphatic rings. The van der Waals surface area contributed by atoms with E-state index >= 15 is 0 Å². The number of halogens is 2. The van der Waals surface area contributed by atoms with Gasteiger partial charge < -0.3 is 5.32 Å². The summed E-state index contributed by atoms with van der Waals surface area (Å²) in [5, 5.41) is 2.26. The second-order valence-electron chi connectivity index (χ2n) is 3.08. The maximum Gasteiger partial charge on any atom is 0.315 e. The predicted octanol–water partition coefficient (Wildman–Crippen LogP) is 1.17. The zero-order valence-corrected chi connectivity index (χ0v) is 6.31. The number of alkyl halides is 2. The number of hydrogen-bond acceptors (Lipinski definition) is 1. The fourth-order valence-corrected chi connectivity index (χ4v) is 1.28. The van der Waals surface area contributed by atoms with E-state index in [2.05, 4.69) is 5.32 Å². The molecule has 11 heavy (non-hydrogen) atoms. The van der Waals surface area contributed by atoms with Crippen LogP contribution in [0.5, 0.6) is 0 Å². The van der Waals surface area contributed by atoms with Crippen LogP contribution in [-0.4, -0.2) is 18.4 Å². The summed E-state index contributed by atoms with van der Waals surface area (Å²) in [5.41, 5.74) is 0. The molecule has 1 rings (SSSR count). The minimum Gasteiger partial charge on any atom is -0.348 e. The van der Waals surface area contributed by atoms with E-state index in [1.54, 1.807) is 0 Å². The zero-order valence-electron chi connectivity index (χ0n) is 6.31. The highest BCUT2D eigenvalue weighted by molar-refractivity contribution is 5.79. The van der Waals surface area contributed by atoms with E-state index in [1.165, 1.54) is 0 Å². The first-order valence-electron chi connectivity index (χ1n) is 3.68. The molecule has 0 aliphatic heterocycles. The summed E-state index contributed by atoms with van der Waals surface area (Å²) in [6, 6.07) is -0.00787. The molecule has 1 saturated carbocycles. The van der Waals surface area contributed by atoms with Gasteiger partial charge in [-0.15, -0.1) is 0 Å². The number of hydrogen-bond donors (Lipinski definition) is 1. The molecule has 1 aliphatic carbocycles. The fraction of sp³-hybridized carbons (Fsp3) is 0.857. The van der Waals surface area contributed by atoms with Gasteiger partial charge in [0.1, 0.15) is 0 Å². The van der Waals surface area contributed by atoms with Crippen molar-refractivity contribution >= 4 is 5.91 Å². The Balaban J connectivity index is 2.17. The molecule has 64 valence electrons. The predicted molar refractivity (Wildman–Crippen MR) is 36.3 cm³/mol. The second kappa shape index (κ2) is 3.15. The molecular weight excluding hydrogens is 152 g/mol. The van der Waals surface area contributed by atoms with Gasteiger partial charge in [-0.05, 0) is 18.8 Å². The molecule has 2 nitrogen and oxygen atoms in total. The maximum atomic E-state index is 11.6. The Bertz CT molecular complexity index is 155. The van der Waals surface area contributed by atoms with Crippen LogP contribution in [0, 0.1) is 5.92 Å². The van der Waals surface area contributed by atoms with E-state index in [0.717, 1.165) is 12.8 Å². The quantitative estimate of drug-likeness (QED) is 0.650. The first-order valence-corrected chi connectivity index (χ1v) is 3.68.